The molecule has 7 heteroatoms. The number of ether oxygens (including phenoxy) is 1. The summed E-state index contributed by atoms with van der Waals surface area (Å²) >= 11 is 6.91. The summed E-state index contributed by atoms with van der Waals surface area (Å²) in [6.07, 6.45) is 1.73. The third-order valence-corrected chi connectivity index (χ3v) is 5.23. The monoisotopic (exact) mass is 512 g/mol. The van der Waals surface area contributed by atoms with Gasteiger partial charge in [-0.05, 0) is 75.1 Å². The Morgan fingerprint density at radius 3 is 2.34 bits per heavy atom. The molecule has 5 nitrogen and oxygen atoms in total. The van der Waals surface area contributed by atoms with Gasteiger partial charge >= 0.3 is 0 Å². The Morgan fingerprint density at radius 2 is 1.76 bits per heavy atom. The molecular weight excluding hydrogens is 500 g/mol. The van der Waals surface area contributed by atoms with Crippen LogP contribution in [0.2, 0.25) is 0 Å². The van der Waals surface area contributed by atoms with Crippen LogP contribution in [0.5, 0.6) is 5.75 Å². The summed E-state index contributed by atoms with van der Waals surface area (Å²) in [7, 11) is 0. The Hall–Kier alpha value is -2.95. The fourth-order valence-corrected chi connectivity index (χ4v) is 3.35. The van der Waals surface area contributed by atoms with Crippen molar-refractivity contribution in [1.29, 1.82) is 5.26 Å². The summed E-state index contributed by atoms with van der Waals surface area (Å²) in [6.45, 7) is 0.438. The highest BCUT2D eigenvalue weighted by Crippen LogP contribution is 2.29. The van der Waals surface area contributed by atoms with Crippen LogP contribution in [0, 0.1) is 21.4 Å². The molecule has 3 aromatic rings. The van der Waals surface area contributed by atoms with Crippen molar-refractivity contribution >= 4 is 49.2 Å². The normalized spacial score (nSPS) is 11.0. The smallest absolute Gasteiger partial charge is 0.269 e. The first kappa shape index (κ1) is 20.8. The Labute approximate surface area is 184 Å². The third-order valence-electron chi connectivity index (χ3n) is 4.08. The Balaban J connectivity index is 1.76. The first-order chi connectivity index (χ1) is 14.0. The minimum absolute atomic E-state index is 0.0129. The van der Waals surface area contributed by atoms with E-state index in [1.54, 1.807) is 18.2 Å². The van der Waals surface area contributed by atoms with Crippen LogP contribution in [0.1, 0.15) is 16.7 Å². The molecule has 0 unspecified atom stereocenters. The van der Waals surface area contributed by atoms with E-state index in [2.05, 4.69) is 37.9 Å². The van der Waals surface area contributed by atoms with Crippen LogP contribution in [-0.4, -0.2) is 4.92 Å². The highest BCUT2D eigenvalue weighted by Gasteiger charge is 2.08. The summed E-state index contributed by atoms with van der Waals surface area (Å²) in [4.78, 5) is 10.3. The van der Waals surface area contributed by atoms with Gasteiger partial charge in [0.25, 0.3) is 5.69 Å². The quantitative estimate of drug-likeness (QED) is 0.158. The van der Waals surface area contributed by atoms with Gasteiger partial charge in [-0.25, -0.2) is 0 Å². The predicted octanol–water partition coefficient (Wildman–Crippen LogP) is 6.76. The van der Waals surface area contributed by atoms with E-state index in [9.17, 15) is 15.4 Å². The fraction of sp³-hybridized carbons (Fsp3) is 0.0455. The molecule has 0 spiro atoms. The molecule has 0 fully saturated rings. The minimum Gasteiger partial charge on any atom is -0.488 e. The van der Waals surface area contributed by atoms with Gasteiger partial charge in [-0.2, -0.15) is 5.26 Å². The van der Waals surface area contributed by atoms with Gasteiger partial charge in [-0.3, -0.25) is 10.1 Å². The number of nitrogens with zero attached hydrogens (tertiary/aromatic N) is 2. The van der Waals surface area contributed by atoms with Crippen molar-refractivity contribution in [2.24, 2.45) is 0 Å². The molecule has 0 aliphatic carbocycles. The van der Waals surface area contributed by atoms with Gasteiger partial charge in [0.15, 0.2) is 0 Å². The van der Waals surface area contributed by atoms with E-state index in [1.165, 1.54) is 12.1 Å². The van der Waals surface area contributed by atoms with E-state index in [0.29, 0.717) is 23.5 Å². The van der Waals surface area contributed by atoms with E-state index >= 15 is 0 Å². The molecule has 0 saturated heterocycles. The molecule has 0 heterocycles. The van der Waals surface area contributed by atoms with Gasteiger partial charge < -0.3 is 4.74 Å². The van der Waals surface area contributed by atoms with Crippen molar-refractivity contribution < 1.29 is 9.66 Å². The Morgan fingerprint density at radius 1 is 1.07 bits per heavy atom. The second-order valence-electron chi connectivity index (χ2n) is 6.08. The maximum Gasteiger partial charge on any atom is 0.269 e. The van der Waals surface area contributed by atoms with Gasteiger partial charge in [0.05, 0.1) is 21.0 Å². The minimum atomic E-state index is -0.469. The summed E-state index contributed by atoms with van der Waals surface area (Å²) in [5.74, 6) is 0.693. The number of non-ortho nitro benzene ring substituents is 1. The largest absolute Gasteiger partial charge is 0.488 e. The number of hydrogen-bond donors (Lipinski definition) is 0. The first-order valence-electron chi connectivity index (χ1n) is 8.49. The van der Waals surface area contributed by atoms with Crippen LogP contribution < -0.4 is 4.74 Å². The second-order valence-corrected chi connectivity index (χ2v) is 7.85. The third kappa shape index (κ3) is 5.53. The molecule has 0 saturated carbocycles. The SMILES string of the molecule is N#C/C(=C/c1ccc(OCc2ccc(Br)cc2)c(Br)c1)c1ccc([N+](=O)[O-])cc1. The zero-order valence-corrected chi connectivity index (χ0v) is 18.2. The molecule has 29 heavy (non-hydrogen) atoms. The van der Waals surface area contributed by atoms with Gasteiger partial charge in [0, 0.05) is 16.6 Å². The highest BCUT2D eigenvalue weighted by molar-refractivity contribution is 9.10. The average Bonchev–Trinajstić information content (AvgIpc) is 2.72. The van der Waals surface area contributed by atoms with E-state index < -0.39 is 4.92 Å². The predicted molar refractivity (Wildman–Crippen MR) is 119 cm³/mol. The van der Waals surface area contributed by atoms with E-state index in [-0.39, 0.29) is 5.69 Å². The zero-order chi connectivity index (χ0) is 20.8. The van der Waals surface area contributed by atoms with Crippen molar-refractivity contribution in [2.45, 2.75) is 6.61 Å². The van der Waals surface area contributed by atoms with Crippen molar-refractivity contribution in [3.63, 3.8) is 0 Å². The lowest BCUT2D eigenvalue weighted by atomic mass is 10.0. The van der Waals surface area contributed by atoms with Gasteiger partial charge in [-0.1, -0.05) is 34.1 Å². The standard InChI is InChI=1S/C22H14Br2N2O3/c23-19-6-1-15(2-7-19)14-29-22-10-3-16(12-21(22)24)11-18(13-25)17-4-8-20(9-5-17)26(27)28/h1-12H,14H2/b18-11-. The van der Waals surface area contributed by atoms with Crippen LogP contribution in [0.4, 0.5) is 5.69 Å². The van der Waals surface area contributed by atoms with Crippen LogP contribution >= 0.6 is 31.9 Å². The van der Waals surface area contributed by atoms with Gasteiger partial charge in [-0.15, -0.1) is 0 Å². The molecule has 0 N–H and O–H groups in total. The molecule has 0 aromatic heterocycles. The van der Waals surface area contributed by atoms with Gasteiger partial charge in [0.2, 0.25) is 0 Å². The number of nitro benzene ring substituents is 1. The van der Waals surface area contributed by atoms with Crippen LogP contribution in [0.3, 0.4) is 0 Å². The number of benzene rings is 3. The van der Waals surface area contributed by atoms with Crippen LogP contribution in [0.15, 0.2) is 75.7 Å². The number of nitro groups is 1. The molecule has 0 bridgehead atoms. The first-order valence-corrected chi connectivity index (χ1v) is 10.1. The van der Waals surface area contributed by atoms with E-state index in [0.717, 1.165) is 20.1 Å². The van der Waals surface area contributed by atoms with E-state index in [4.69, 9.17) is 4.74 Å². The highest BCUT2D eigenvalue weighted by atomic mass is 79.9. The number of hydrogen-bond acceptors (Lipinski definition) is 4. The summed E-state index contributed by atoms with van der Waals surface area (Å²) < 4.78 is 7.64. The topological polar surface area (TPSA) is 76.2 Å². The second kappa shape index (κ2) is 9.50. The molecule has 3 aromatic carbocycles. The fourth-order valence-electron chi connectivity index (χ4n) is 2.58. The number of nitriles is 1. The van der Waals surface area contributed by atoms with Crippen molar-refractivity contribution in [3.8, 4) is 11.8 Å². The van der Waals surface area contributed by atoms with Gasteiger partial charge in [0.1, 0.15) is 12.4 Å². The molecule has 3 rings (SSSR count). The van der Waals surface area contributed by atoms with E-state index in [1.807, 2.05) is 42.5 Å². The maximum atomic E-state index is 10.8. The zero-order valence-electron chi connectivity index (χ0n) is 15.0. The van der Waals surface area contributed by atoms with Crippen LogP contribution in [-0.2, 0) is 6.61 Å². The van der Waals surface area contributed by atoms with Crippen LogP contribution in [0.25, 0.3) is 11.6 Å². The number of rotatable bonds is 6. The van der Waals surface area contributed by atoms with Crippen molar-refractivity contribution in [1.82, 2.24) is 0 Å². The number of allylic oxidation sites excluding steroid dienone is 1. The molecule has 0 atom stereocenters. The summed E-state index contributed by atoms with van der Waals surface area (Å²) in [5, 5.41) is 20.3. The van der Waals surface area contributed by atoms with Crippen molar-refractivity contribution in [3.05, 3.63) is 102 Å². The molecule has 0 aliphatic rings. The Kier molecular flexibility index (Phi) is 6.81. The molecule has 0 aliphatic heterocycles. The summed E-state index contributed by atoms with van der Waals surface area (Å²) in [6, 6.07) is 21.5. The maximum absolute atomic E-state index is 10.8. The van der Waals surface area contributed by atoms with Crippen molar-refractivity contribution in [2.75, 3.05) is 0 Å². The molecule has 144 valence electrons. The molecule has 0 amide bonds. The average molecular weight is 514 g/mol. The molecule has 0 radical (unpaired) electrons. The Bertz CT molecular complexity index is 1100. The lowest BCUT2D eigenvalue weighted by Crippen LogP contribution is -1.96. The lowest BCUT2D eigenvalue weighted by molar-refractivity contribution is -0.384. The molecular formula is C22H14Br2N2O3. The lowest BCUT2D eigenvalue weighted by Gasteiger charge is -2.09. The summed E-state index contributed by atoms with van der Waals surface area (Å²) in [5.41, 5.74) is 2.87. The number of halogens is 2.